The van der Waals surface area contributed by atoms with E-state index in [-0.39, 0.29) is 5.56 Å². The fourth-order valence-corrected chi connectivity index (χ4v) is 1.60. The van der Waals surface area contributed by atoms with E-state index in [1.165, 1.54) is 0 Å². The van der Waals surface area contributed by atoms with E-state index in [0.29, 0.717) is 26.3 Å². The molecule has 96 valence electrons. The molecule has 0 aliphatic heterocycles. The molecule has 0 unspecified atom stereocenters. The van der Waals surface area contributed by atoms with E-state index in [0.717, 1.165) is 11.4 Å². The van der Waals surface area contributed by atoms with Gasteiger partial charge < -0.3 is 19.4 Å². The maximum atomic E-state index is 11.8. The molecule has 0 saturated heterocycles. The summed E-state index contributed by atoms with van der Waals surface area (Å²) in [6, 6.07) is 3.55. The Morgan fingerprint density at radius 2 is 1.94 bits per heavy atom. The van der Waals surface area contributed by atoms with Crippen LogP contribution in [0.15, 0.2) is 16.9 Å². The van der Waals surface area contributed by atoms with Crippen LogP contribution in [0, 0.1) is 6.92 Å². The van der Waals surface area contributed by atoms with Crippen molar-refractivity contribution in [2.45, 2.75) is 13.5 Å². The number of nitrogens with zero attached hydrogens (tertiary/aromatic N) is 1. The molecule has 0 aliphatic rings. The van der Waals surface area contributed by atoms with Crippen molar-refractivity contribution in [2.75, 3.05) is 39.3 Å². The molecule has 0 fully saturated rings. The molecule has 1 aromatic heterocycles. The van der Waals surface area contributed by atoms with Crippen LogP contribution in [0.1, 0.15) is 5.69 Å². The molecule has 0 atom stereocenters. The van der Waals surface area contributed by atoms with Crippen LogP contribution in [0.25, 0.3) is 0 Å². The second kappa shape index (κ2) is 7.09. The lowest BCUT2D eigenvalue weighted by Gasteiger charge is -2.12. The van der Waals surface area contributed by atoms with Gasteiger partial charge >= 0.3 is 0 Å². The zero-order chi connectivity index (χ0) is 12.7. The number of methoxy groups -OCH3 is 2. The largest absolute Gasteiger partial charge is 0.383 e. The van der Waals surface area contributed by atoms with Gasteiger partial charge in [0.2, 0.25) is 0 Å². The van der Waals surface area contributed by atoms with Crippen molar-refractivity contribution in [1.82, 2.24) is 4.57 Å². The molecule has 0 saturated carbocycles. The van der Waals surface area contributed by atoms with Gasteiger partial charge in [-0.05, 0) is 13.0 Å². The lowest BCUT2D eigenvalue weighted by molar-refractivity contribution is 0.185. The Kier molecular flexibility index (Phi) is 5.72. The van der Waals surface area contributed by atoms with Gasteiger partial charge in [0.25, 0.3) is 5.56 Å². The Bertz CT molecular complexity index is 401. The molecule has 0 aliphatic carbocycles. The first-order chi connectivity index (χ1) is 8.19. The van der Waals surface area contributed by atoms with Gasteiger partial charge in [0.05, 0.1) is 13.2 Å². The summed E-state index contributed by atoms with van der Waals surface area (Å²) in [6.45, 7) is 4.35. The normalized spacial score (nSPS) is 10.5. The van der Waals surface area contributed by atoms with Crippen LogP contribution in [-0.2, 0) is 16.0 Å². The summed E-state index contributed by atoms with van der Waals surface area (Å²) in [5.74, 6) is 0. The van der Waals surface area contributed by atoms with Gasteiger partial charge in [0, 0.05) is 44.8 Å². The first-order valence-electron chi connectivity index (χ1n) is 5.62. The third-order valence-corrected chi connectivity index (χ3v) is 2.49. The maximum absolute atomic E-state index is 11.8. The number of rotatable bonds is 7. The molecule has 0 amide bonds. The SMILES string of the molecule is COCCNc1cc(C)n(CCOC)c(=O)c1. The molecule has 0 spiro atoms. The second-order valence-electron chi connectivity index (χ2n) is 3.79. The van der Waals surface area contributed by atoms with Gasteiger partial charge in [-0.25, -0.2) is 0 Å². The topological polar surface area (TPSA) is 52.5 Å². The van der Waals surface area contributed by atoms with Gasteiger partial charge in [-0.1, -0.05) is 0 Å². The Hall–Kier alpha value is -1.33. The quantitative estimate of drug-likeness (QED) is 0.718. The zero-order valence-corrected chi connectivity index (χ0v) is 10.7. The van der Waals surface area contributed by atoms with Crippen LogP contribution < -0.4 is 10.9 Å². The summed E-state index contributed by atoms with van der Waals surface area (Å²) in [5, 5.41) is 3.14. The van der Waals surface area contributed by atoms with Crippen LogP contribution in [0.5, 0.6) is 0 Å². The highest BCUT2D eigenvalue weighted by Gasteiger charge is 2.02. The van der Waals surface area contributed by atoms with Crippen molar-refractivity contribution in [2.24, 2.45) is 0 Å². The molecule has 1 heterocycles. The van der Waals surface area contributed by atoms with Crippen LogP contribution in [0.4, 0.5) is 5.69 Å². The van der Waals surface area contributed by atoms with Crippen LogP contribution in [0.3, 0.4) is 0 Å². The number of hydrogen-bond donors (Lipinski definition) is 1. The van der Waals surface area contributed by atoms with E-state index >= 15 is 0 Å². The molecule has 0 aromatic carbocycles. The van der Waals surface area contributed by atoms with Crippen molar-refractivity contribution in [1.29, 1.82) is 0 Å². The molecule has 0 radical (unpaired) electrons. The predicted molar refractivity (Wildman–Crippen MR) is 67.7 cm³/mol. The van der Waals surface area contributed by atoms with E-state index in [1.54, 1.807) is 24.9 Å². The fraction of sp³-hybridized carbons (Fsp3) is 0.583. The Balaban J connectivity index is 2.75. The summed E-state index contributed by atoms with van der Waals surface area (Å²) in [5.41, 5.74) is 1.75. The molecule has 1 N–H and O–H groups in total. The highest BCUT2D eigenvalue weighted by Crippen LogP contribution is 2.06. The van der Waals surface area contributed by atoms with Crippen molar-refractivity contribution < 1.29 is 9.47 Å². The number of ether oxygens (including phenoxy) is 2. The maximum Gasteiger partial charge on any atom is 0.252 e. The molecule has 1 aromatic rings. The highest BCUT2D eigenvalue weighted by molar-refractivity contribution is 5.43. The third kappa shape index (κ3) is 4.20. The Labute approximate surface area is 101 Å². The number of pyridine rings is 1. The van der Waals surface area contributed by atoms with E-state index in [9.17, 15) is 4.79 Å². The highest BCUT2D eigenvalue weighted by atomic mass is 16.5. The molecular formula is C12H20N2O3. The van der Waals surface area contributed by atoms with Crippen molar-refractivity contribution in [3.63, 3.8) is 0 Å². The van der Waals surface area contributed by atoms with Crippen molar-refractivity contribution in [3.8, 4) is 0 Å². The molecule has 1 rings (SSSR count). The number of anilines is 1. The van der Waals surface area contributed by atoms with Gasteiger partial charge in [0.1, 0.15) is 0 Å². The van der Waals surface area contributed by atoms with Gasteiger partial charge in [-0.3, -0.25) is 4.79 Å². The third-order valence-electron chi connectivity index (χ3n) is 2.49. The predicted octanol–water partition coefficient (Wildman–Crippen LogP) is 0.861. The zero-order valence-electron chi connectivity index (χ0n) is 10.7. The fourth-order valence-electron chi connectivity index (χ4n) is 1.60. The van der Waals surface area contributed by atoms with E-state index in [1.807, 2.05) is 13.0 Å². The minimum atomic E-state index is -0.0121. The van der Waals surface area contributed by atoms with Crippen LogP contribution in [-0.4, -0.2) is 38.5 Å². The summed E-state index contributed by atoms with van der Waals surface area (Å²) < 4.78 is 11.6. The van der Waals surface area contributed by atoms with E-state index in [4.69, 9.17) is 9.47 Å². The van der Waals surface area contributed by atoms with Crippen LogP contribution in [0.2, 0.25) is 0 Å². The average molecular weight is 240 g/mol. The van der Waals surface area contributed by atoms with Gasteiger partial charge in [0.15, 0.2) is 0 Å². The monoisotopic (exact) mass is 240 g/mol. The average Bonchev–Trinajstić information content (AvgIpc) is 2.28. The standard InChI is InChI=1S/C12H20N2O3/c1-10-8-11(13-4-6-16-2)9-12(15)14(10)5-7-17-3/h8-9,13H,4-7H2,1-3H3. The number of nitrogens with one attached hydrogen (secondary N) is 1. The minimum Gasteiger partial charge on any atom is -0.383 e. The smallest absolute Gasteiger partial charge is 0.252 e. The number of aryl methyl sites for hydroxylation is 1. The van der Waals surface area contributed by atoms with Gasteiger partial charge in [-0.2, -0.15) is 0 Å². The molecule has 5 nitrogen and oxygen atoms in total. The molecule has 5 heteroatoms. The first kappa shape index (κ1) is 13.7. The second-order valence-corrected chi connectivity index (χ2v) is 3.79. The lowest BCUT2D eigenvalue weighted by atomic mass is 10.3. The summed E-state index contributed by atoms with van der Waals surface area (Å²) in [4.78, 5) is 11.8. The Morgan fingerprint density at radius 3 is 2.53 bits per heavy atom. The Morgan fingerprint density at radius 1 is 1.24 bits per heavy atom. The summed E-state index contributed by atoms with van der Waals surface area (Å²) in [6.07, 6.45) is 0. The van der Waals surface area contributed by atoms with E-state index < -0.39 is 0 Å². The summed E-state index contributed by atoms with van der Waals surface area (Å²) in [7, 11) is 3.27. The number of hydrogen-bond acceptors (Lipinski definition) is 4. The molecular weight excluding hydrogens is 220 g/mol. The molecule has 0 bridgehead atoms. The molecule has 17 heavy (non-hydrogen) atoms. The van der Waals surface area contributed by atoms with Gasteiger partial charge in [-0.15, -0.1) is 0 Å². The van der Waals surface area contributed by atoms with Crippen molar-refractivity contribution >= 4 is 5.69 Å². The lowest BCUT2D eigenvalue weighted by Crippen LogP contribution is -2.24. The first-order valence-corrected chi connectivity index (χ1v) is 5.62. The van der Waals surface area contributed by atoms with Crippen molar-refractivity contribution in [3.05, 3.63) is 28.2 Å². The van der Waals surface area contributed by atoms with E-state index in [2.05, 4.69) is 5.32 Å². The number of aromatic nitrogens is 1. The van der Waals surface area contributed by atoms with Crippen LogP contribution >= 0.6 is 0 Å². The summed E-state index contributed by atoms with van der Waals surface area (Å²) >= 11 is 0. The minimum absolute atomic E-state index is 0.0121.